The first kappa shape index (κ1) is 9.97. The first-order chi connectivity index (χ1) is 6.72. The van der Waals surface area contributed by atoms with Gasteiger partial charge in [-0.15, -0.1) is 21.8 Å². The second kappa shape index (κ2) is 3.89. The smallest absolute Gasteiger partial charge is 0.148 e. The zero-order valence-corrected chi connectivity index (χ0v) is 9.46. The second-order valence-corrected chi connectivity index (χ2v) is 4.63. The van der Waals surface area contributed by atoms with Crippen molar-refractivity contribution in [3.8, 4) is 0 Å². The summed E-state index contributed by atoms with van der Waals surface area (Å²) in [6.45, 7) is 4.40. The second-order valence-electron chi connectivity index (χ2n) is 4.37. The molecule has 0 unspecified atom stereocenters. The first-order valence-corrected chi connectivity index (χ1v) is 5.74. The Morgan fingerprint density at radius 2 is 2.00 bits per heavy atom. The molecule has 0 atom stereocenters. The van der Waals surface area contributed by atoms with Crippen molar-refractivity contribution in [1.82, 2.24) is 14.8 Å². The zero-order chi connectivity index (χ0) is 10.1. The normalized spacial score (nSPS) is 16.6. The summed E-state index contributed by atoms with van der Waals surface area (Å²) in [7, 11) is 0. The molecule has 2 rings (SSSR count). The van der Waals surface area contributed by atoms with Gasteiger partial charge in [0.2, 0.25) is 0 Å². The van der Waals surface area contributed by atoms with Crippen molar-refractivity contribution in [3.63, 3.8) is 0 Å². The molecule has 1 aromatic heterocycles. The number of alkyl halides is 1. The molecule has 14 heavy (non-hydrogen) atoms. The summed E-state index contributed by atoms with van der Waals surface area (Å²) in [6, 6.07) is 0.632. The number of hydrogen-bond donors (Lipinski definition) is 0. The molecule has 0 aliphatic heterocycles. The number of hydrogen-bond acceptors (Lipinski definition) is 2. The third kappa shape index (κ3) is 1.92. The van der Waals surface area contributed by atoms with Crippen LogP contribution in [0, 0.1) is 5.92 Å². The lowest BCUT2D eigenvalue weighted by Crippen LogP contribution is -2.07. The van der Waals surface area contributed by atoms with Crippen molar-refractivity contribution in [2.24, 2.45) is 5.92 Å². The zero-order valence-electron chi connectivity index (χ0n) is 8.70. The van der Waals surface area contributed by atoms with Gasteiger partial charge in [-0.1, -0.05) is 13.8 Å². The molecule has 3 nitrogen and oxygen atoms in total. The van der Waals surface area contributed by atoms with Gasteiger partial charge in [0, 0.05) is 12.5 Å². The van der Waals surface area contributed by atoms with Gasteiger partial charge in [0.1, 0.15) is 11.6 Å². The van der Waals surface area contributed by atoms with Crippen molar-refractivity contribution in [3.05, 3.63) is 11.6 Å². The molecular weight excluding hydrogens is 198 g/mol. The van der Waals surface area contributed by atoms with Crippen molar-refractivity contribution < 1.29 is 0 Å². The van der Waals surface area contributed by atoms with Crippen LogP contribution in [0.2, 0.25) is 0 Å². The van der Waals surface area contributed by atoms with Crippen LogP contribution in [0.5, 0.6) is 0 Å². The van der Waals surface area contributed by atoms with E-state index in [4.69, 9.17) is 11.6 Å². The van der Waals surface area contributed by atoms with E-state index in [9.17, 15) is 0 Å². The minimum atomic E-state index is 0.474. The van der Waals surface area contributed by atoms with Gasteiger partial charge >= 0.3 is 0 Å². The van der Waals surface area contributed by atoms with E-state index in [1.807, 2.05) is 0 Å². The molecule has 0 amide bonds. The van der Waals surface area contributed by atoms with E-state index < -0.39 is 0 Å². The molecule has 0 saturated heterocycles. The first-order valence-electron chi connectivity index (χ1n) is 5.21. The van der Waals surface area contributed by atoms with Crippen LogP contribution < -0.4 is 0 Å². The molecule has 1 heterocycles. The standard InChI is InChI=1S/C10H16ClN3/c1-7(2)5-9-12-13-10(6-11)14(9)8-3-4-8/h7-8H,3-6H2,1-2H3. The molecule has 1 aliphatic rings. The number of rotatable bonds is 4. The maximum absolute atomic E-state index is 5.83. The van der Waals surface area contributed by atoms with Crippen LogP contribution in [0.4, 0.5) is 0 Å². The fourth-order valence-electron chi connectivity index (χ4n) is 1.71. The van der Waals surface area contributed by atoms with Crippen LogP contribution in [-0.4, -0.2) is 14.8 Å². The molecule has 1 fully saturated rings. The molecule has 1 aliphatic carbocycles. The van der Waals surface area contributed by atoms with Crippen molar-refractivity contribution in [2.75, 3.05) is 0 Å². The Labute approximate surface area is 89.5 Å². The van der Waals surface area contributed by atoms with Gasteiger partial charge in [-0.05, 0) is 18.8 Å². The summed E-state index contributed by atoms with van der Waals surface area (Å²) < 4.78 is 2.24. The SMILES string of the molecule is CC(C)Cc1nnc(CCl)n1C1CC1. The summed E-state index contributed by atoms with van der Waals surface area (Å²) in [4.78, 5) is 0. The van der Waals surface area contributed by atoms with Gasteiger partial charge in [-0.3, -0.25) is 0 Å². The topological polar surface area (TPSA) is 30.7 Å². The molecule has 0 spiro atoms. The lowest BCUT2D eigenvalue weighted by Gasteiger charge is -2.08. The van der Waals surface area contributed by atoms with Crippen molar-refractivity contribution >= 4 is 11.6 Å². The summed E-state index contributed by atoms with van der Waals surface area (Å²) in [5, 5.41) is 8.35. The molecular formula is C10H16ClN3. The average Bonchev–Trinajstić information content (AvgIpc) is 2.88. The Hall–Kier alpha value is -0.570. The lowest BCUT2D eigenvalue weighted by molar-refractivity contribution is 0.572. The summed E-state index contributed by atoms with van der Waals surface area (Å²) in [6.07, 6.45) is 3.51. The third-order valence-electron chi connectivity index (χ3n) is 2.46. The van der Waals surface area contributed by atoms with Gasteiger partial charge in [0.15, 0.2) is 0 Å². The fourth-order valence-corrected chi connectivity index (χ4v) is 1.89. The third-order valence-corrected chi connectivity index (χ3v) is 2.70. The molecule has 0 bridgehead atoms. The van der Waals surface area contributed by atoms with E-state index in [1.54, 1.807) is 0 Å². The highest BCUT2D eigenvalue weighted by atomic mass is 35.5. The number of halogens is 1. The highest BCUT2D eigenvalue weighted by Crippen LogP contribution is 2.37. The molecule has 4 heteroatoms. The lowest BCUT2D eigenvalue weighted by atomic mass is 10.1. The molecule has 1 saturated carbocycles. The largest absolute Gasteiger partial charge is 0.311 e. The molecule has 0 N–H and O–H groups in total. The highest BCUT2D eigenvalue weighted by molar-refractivity contribution is 6.16. The van der Waals surface area contributed by atoms with Crippen LogP contribution in [-0.2, 0) is 12.3 Å². The maximum atomic E-state index is 5.83. The predicted molar refractivity (Wildman–Crippen MR) is 56.4 cm³/mol. The van der Waals surface area contributed by atoms with Crippen LogP contribution in [0.1, 0.15) is 44.4 Å². The van der Waals surface area contributed by atoms with Gasteiger partial charge in [-0.2, -0.15) is 0 Å². The van der Waals surface area contributed by atoms with Crippen LogP contribution in [0.3, 0.4) is 0 Å². The van der Waals surface area contributed by atoms with E-state index in [0.717, 1.165) is 18.1 Å². The summed E-state index contributed by atoms with van der Waals surface area (Å²) >= 11 is 5.83. The van der Waals surface area contributed by atoms with Gasteiger partial charge in [0.25, 0.3) is 0 Å². The average molecular weight is 214 g/mol. The minimum Gasteiger partial charge on any atom is -0.311 e. The molecule has 1 aromatic rings. The highest BCUT2D eigenvalue weighted by Gasteiger charge is 2.28. The van der Waals surface area contributed by atoms with E-state index in [2.05, 4.69) is 28.6 Å². The van der Waals surface area contributed by atoms with E-state index >= 15 is 0 Å². The Morgan fingerprint density at radius 1 is 1.36 bits per heavy atom. The maximum Gasteiger partial charge on any atom is 0.148 e. The molecule has 0 aromatic carbocycles. The Kier molecular flexibility index (Phi) is 2.77. The van der Waals surface area contributed by atoms with E-state index in [0.29, 0.717) is 17.8 Å². The Bertz CT molecular complexity index is 315. The summed E-state index contributed by atoms with van der Waals surface area (Å²) in [5.74, 6) is 3.14. The van der Waals surface area contributed by atoms with Crippen LogP contribution in [0.15, 0.2) is 0 Å². The van der Waals surface area contributed by atoms with Gasteiger partial charge in [0.05, 0.1) is 5.88 Å². The number of aromatic nitrogens is 3. The van der Waals surface area contributed by atoms with E-state index in [1.165, 1.54) is 12.8 Å². The van der Waals surface area contributed by atoms with Gasteiger partial charge < -0.3 is 4.57 Å². The quantitative estimate of drug-likeness (QED) is 0.720. The number of nitrogens with zero attached hydrogens (tertiary/aromatic N) is 3. The minimum absolute atomic E-state index is 0.474. The Morgan fingerprint density at radius 3 is 2.50 bits per heavy atom. The molecule has 78 valence electrons. The van der Waals surface area contributed by atoms with E-state index in [-0.39, 0.29) is 0 Å². The van der Waals surface area contributed by atoms with Crippen molar-refractivity contribution in [2.45, 2.75) is 45.0 Å². The van der Waals surface area contributed by atoms with Crippen LogP contribution in [0.25, 0.3) is 0 Å². The molecule has 0 radical (unpaired) electrons. The summed E-state index contributed by atoms with van der Waals surface area (Å²) in [5.41, 5.74) is 0. The Balaban J connectivity index is 2.25. The van der Waals surface area contributed by atoms with Gasteiger partial charge in [-0.25, -0.2) is 0 Å². The van der Waals surface area contributed by atoms with Crippen LogP contribution >= 0.6 is 11.6 Å². The monoisotopic (exact) mass is 213 g/mol. The fraction of sp³-hybridized carbons (Fsp3) is 0.800. The van der Waals surface area contributed by atoms with Crippen molar-refractivity contribution in [1.29, 1.82) is 0 Å². The predicted octanol–water partition coefficient (Wildman–Crippen LogP) is 2.55.